The first-order valence-corrected chi connectivity index (χ1v) is 44.2. The largest absolute Gasteiger partial charge is 0.212 e. The molecule has 2 aliphatic rings. The third-order valence-corrected chi connectivity index (χ3v) is 23.9. The Kier molecular flexibility index (Phi) is 26.9. The van der Waals surface area contributed by atoms with Crippen molar-refractivity contribution in [3.8, 4) is 112 Å². The van der Waals surface area contributed by atoms with Gasteiger partial charge < -0.3 is 0 Å². The Morgan fingerprint density at radius 1 is 0.301 bits per heavy atom. The molecule has 5 aromatic heterocycles. The van der Waals surface area contributed by atoms with E-state index in [1.54, 1.807) is 0 Å². The number of hydrogen-bond donors (Lipinski definition) is 0. The highest BCUT2D eigenvalue weighted by atomic mass is 14.9. The minimum atomic E-state index is -1.42. The van der Waals surface area contributed by atoms with Gasteiger partial charge in [-0.1, -0.05) is 293 Å². The molecular weight excluding hydrogens is 1490 g/mol. The Morgan fingerprint density at radius 3 is 0.854 bits per heavy atom. The minimum Gasteiger partial charge on any atom is -0.201 e. The first-order chi connectivity index (χ1) is 61.9. The van der Waals surface area contributed by atoms with Gasteiger partial charge in [-0.25, -0.2) is 22.8 Å². The normalized spacial score (nSPS) is 14.4. The molecule has 123 heavy (non-hydrogen) atoms. The van der Waals surface area contributed by atoms with Gasteiger partial charge in [-0.15, -0.1) is 0 Å². The average Bonchev–Trinajstić information content (AvgIpc) is 1.00. The summed E-state index contributed by atoms with van der Waals surface area (Å²) < 4.78 is 71.0. The lowest BCUT2D eigenvalue weighted by Gasteiger charge is -2.22. The number of benzene rings is 10. The van der Waals surface area contributed by atoms with Gasteiger partial charge in [0.1, 0.15) is 35.2 Å². The van der Waals surface area contributed by atoms with E-state index in [4.69, 9.17) is 9.60 Å². The van der Waals surface area contributed by atoms with Gasteiger partial charge in [0.15, 0.2) is 31.0 Å². The highest BCUT2D eigenvalue weighted by Gasteiger charge is 2.26. The van der Waals surface area contributed by atoms with Crippen molar-refractivity contribution in [2.45, 2.75) is 171 Å². The molecule has 0 radical (unpaired) electrons. The van der Waals surface area contributed by atoms with Gasteiger partial charge in [-0.3, -0.25) is 0 Å². The van der Waals surface area contributed by atoms with Crippen molar-refractivity contribution >= 4 is 0 Å². The Balaban J connectivity index is 0.000000139. The number of nitrogens with zero attached hydrogens (tertiary/aromatic N) is 5. The molecule has 5 heteroatoms. The zero-order valence-corrected chi connectivity index (χ0v) is 75.9. The third-order valence-electron chi connectivity index (χ3n) is 23.9. The van der Waals surface area contributed by atoms with Crippen LogP contribution in [0.4, 0.5) is 0 Å². The molecule has 624 valence electrons. The Labute approximate surface area is 747 Å². The predicted octanol–water partition coefficient (Wildman–Crippen LogP) is 28.4. The van der Waals surface area contributed by atoms with Crippen LogP contribution in [0.25, 0.3) is 112 Å². The van der Waals surface area contributed by atoms with Gasteiger partial charge in [0.25, 0.3) is 0 Å². The van der Waals surface area contributed by atoms with Crippen LogP contribution in [0.3, 0.4) is 0 Å². The molecule has 2 fully saturated rings. The number of aryl methyl sites for hydroxylation is 10. The lowest BCUT2D eigenvalue weighted by Crippen LogP contribution is -2.31. The molecule has 0 spiro atoms. The standard InChI is InChI=1S/C25H28N.C24H26N.C24H28N.C23H26N.C22H24N/c1-19-13-14-22(20-9-5-3-6-10-20)17-24(19)25-18-23(15-16-26(25)2)21-11-7-4-8-12-21;1-18-12-13-21(19-8-4-3-5-9-19)16-23(18)24-17-22(14-15-25(24)2)20-10-6-7-11-20;1-18-11-12-21(20-9-7-6-8-10-20)16-22(18)23-15-19(13-14-25(23)5)17-24(2,3)4;1-17(2)14-19-12-13-24(4)23(15-19)22-16-21(11-10-18(22)3)20-8-6-5-7-9-20;1-16(2)19-12-13-23(4)22(15-19)21-14-20(11-10-17(21)3)18-8-6-5-7-9-18/h3,5-6,9-10,13-18,21H,4,7-8,11-12H2,1-2H3;3-5,8-9,12-17,20H,6-7,10-11H2,1-2H3;6-16H,17H2,1-5H3;5-13,15-17H,14H2,1-4H3;5-16H,1-4H3/q5*+1/i21D;20D;17D2;14D2;16D. The molecule has 15 aromatic rings. The zero-order chi connectivity index (χ0) is 93.0. The monoisotopic (exact) mass is 1630 g/mol. The van der Waals surface area contributed by atoms with Crippen LogP contribution >= 0.6 is 0 Å². The number of aromatic nitrogens is 5. The van der Waals surface area contributed by atoms with Gasteiger partial charge >= 0.3 is 0 Å². The smallest absolute Gasteiger partial charge is 0.201 e. The number of hydrogen-bond acceptors (Lipinski definition) is 0. The SMILES string of the molecule is [2H]C(C)(C)c1cc[n+](C)c(-c2cc(-c3ccccc3)ccc2C)c1.[2H]C([2H])(c1cc[n+](C)c(-c2cc(-c3ccccc3)ccc2C)c1)C(C)(C)C.[2H]C([2H])(c1cc[n+](C)c(-c2cc(-c3ccccc3)ccc2C)c1)C(C)C.[2H]C1(c2cc[n+](C)c(-c3cc(-c4ccccc4)ccc3C)c2)CCCC1.[2H]C1(c2cc[n+](C)c(-c3cc(-c4ccccc4)ccc3C)c2)CCCCC1. The summed E-state index contributed by atoms with van der Waals surface area (Å²) in [6.07, 6.45) is 17.3. The summed E-state index contributed by atoms with van der Waals surface area (Å²) >= 11 is 0. The van der Waals surface area contributed by atoms with E-state index >= 15 is 0 Å². The molecule has 0 bridgehead atoms. The van der Waals surface area contributed by atoms with E-state index < -0.39 is 35.8 Å². The summed E-state index contributed by atoms with van der Waals surface area (Å²) in [7, 11) is 10.3. The maximum Gasteiger partial charge on any atom is 0.212 e. The summed E-state index contributed by atoms with van der Waals surface area (Å²) in [5.74, 6) is -1.52. The molecule has 17 rings (SSSR count). The number of rotatable bonds is 16. The minimum absolute atomic E-state index is 0.0835. The summed E-state index contributed by atoms with van der Waals surface area (Å²) in [5, 5.41) is 0. The quantitative estimate of drug-likeness (QED) is 0.0859. The molecule has 0 amide bonds. The van der Waals surface area contributed by atoms with E-state index in [-0.39, 0.29) is 5.92 Å². The average molecular weight is 1630 g/mol. The van der Waals surface area contributed by atoms with Crippen LogP contribution in [-0.4, -0.2) is 0 Å². The Morgan fingerprint density at radius 2 is 0.561 bits per heavy atom. The van der Waals surface area contributed by atoms with Gasteiger partial charge in [0.2, 0.25) is 28.5 Å². The van der Waals surface area contributed by atoms with Gasteiger partial charge in [-0.05, 0) is 244 Å². The van der Waals surface area contributed by atoms with Crippen LogP contribution in [0.2, 0.25) is 0 Å². The molecule has 0 saturated heterocycles. The maximum atomic E-state index is 9.01. The first kappa shape index (κ1) is 79.4. The van der Waals surface area contributed by atoms with E-state index in [2.05, 4.69) is 328 Å². The topological polar surface area (TPSA) is 19.4 Å². The van der Waals surface area contributed by atoms with Crippen molar-refractivity contribution in [3.63, 3.8) is 0 Å². The van der Waals surface area contributed by atoms with Crippen molar-refractivity contribution in [1.29, 1.82) is 0 Å². The Hall–Kier alpha value is -12.1. The molecule has 2 saturated carbocycles. The van der Waals surface area contributed by atoms with Crippen LogP contribution < -0.4 is 22.8 Å². The van der Waals surface area contributed by atoms with Crippen molar-refractivity contribution in [2.75, 3.05) is 0 Å². The van der Waals surface area contributed by atoms with Crippen molar-refractivity contribution < 1.29 is 32.4 Å². The summed E-state index contributed by atoms with van der Waals surface area (Å²) in [5.41, 5.74) is 34.1. The van der Waals surface area contributed by atoms with E-state index in [9.17, 15) is 0 Å². The predicted molar refractivity (Wildman–Crippen MR) is 519 cm³/mol. The summed E-state index contributed by atoms with van der Waals surface area (Å²) in [4.78, 5) is 0. The van der Waals surface area contributed by atoms with Crippen molar-refractivity contribution in [3.05, 3.63) is 390 Å². The number of pyridine rings is 5. The van der Waals surface area contributed by atoms with E-state index in [1.807, 2.05) is 148 Å². The fourth-order valence-corrected chi connectivity index (χ4v) is 16.8. The lowest BCUT2D eigenvalue weighted by molar-refractivity contribution is -0.660. The van der Waals surface area contributed by atoms with E-state index in [1.165, 1.54) is 149 Å². The molecule has 0 aliphatic heterocycles. The second-order valence-electron chi connectivity index (χ2n) is 35.2. The van der Waals surface area contributed by atoms with Crippen LogP contribution in [0.1, 0.15) is 189 Å². The van der Waals surface area contributed by atoms with E-state index in [0.29, 0.717) is 5.56 Å². The molecule has 10 aromatic carbocycles. The zero-order valence-electron chi connectivity index (χ0n) is 82.9. The summed E-state index contributed by atoms with van der Waals surface area (Å²) in [6.45, 7) is 24.2. The van der Waals surface area contributed by atoms with Gasteiger partial charge in [0.05, 0.1) is 0 Å². The van der Waals surface area contributed by atoms with E-state index in [0.717, 1.165) is 70.6 Å². The highest BCUT2D eigenvalue weighted by Crippen LogP contribution is 2.40. The second kappa shape index (κ2) is 41.7. The molecule has 5 heterocycles. The van der Waals surface area contributed by atoms with Gasteiger partial charge in [-0.2, -0.15) is 0 Å². The lowest BCUT2D eigenvalue weighted by atomic mass is 9.84. The van der Waals surface area contributed by atoms with Crippen molar-refractivity contribution in [1.82, 2.24) is 0 Å². The second-order valence-corrected chi connectivity index (χ2v) is 35.2. The van der Waals surface area contributed by atoms with Crippen LogP contribution in [0.15, 0.2) is 334 Å². The Bertz CT molecular complexity index is 6260. The molecule has 0 unspecified atom stereocenters. The molecule has 5 nitrogen and oxygen atoms in total. The molecule has 2 aliphatic carbocycles. The fraction of sp³-hybridized carbons (Fsp3) is 0.280. The fourth-order valence-electron chi connectivity index (χ4n) is 16.8. The third kappa shape index (κ3) is 23.4. The molecule has 0 N–H and O–H groups in total. The molecule has 0 atom stereocenters. The van der Waals surface area contributed by atoms with Crippen molar-refractivity contribution in [2.24, 2.45) is 46.6 Å². The maximum absolute atomic E-state index is 9.01. The van der Waals surface area contributed by atoms with Crippen LogP contribution in [0.5, 0.6) is 0 Å². The molecular formula is C118H132N5+5. The first-order valence-electron chi connectivity index (χ1n) is 47.7. The highest BCUT2D eigenvalue weighted by molar-refractivity contribution is 5.78. The van der Waals surface area contributed by atoms with Gasteiger partial charge in [0, 0.05) is 98.1 Å². The van der Waals surface area contributed by atoms with Crippen LogP contribution in [-0.2, 0) is 48.0 Å². The summed E-state index contributed by atoms with van der Waals surface area (Å²) in [6, 6.07) is 106. The van der Waals surface area contributed by atoms with Crippen LogP contribution in [0, 0.1) is 46.0 Å².